The van der Waals surface area contributed by atoms with Gasteiger partial charge in [0.2, 0.25) is 0 Å². The summed E-state index contributed by atoms with van der Waals surface area (Å²) >= 11 is 0. The zero-order valence-electron chi connectivity index (χ0n) is 13.5. The highest BCUT2D eigenvalue weighted by atomic mass is 16.5. The van der Waals surface area contributed by atoms with Gasteiger partial charge in [-0.15, -0.1) is 0 Å². The number of nitrogens with one attached hydrogen (secondary N) is 1. The van der Waals surface area contributed by atoms with Crippen molar-refractivity contribution in [1.82, 2.24) is 5.32 Å². The molecule has 0 spiro atoms. The molecule has 24 heavy (non-hydrogen) atoms. The van der Waals surface area contributed by atoms with E-state index in [1.165, 1.54) is 0 Å². The molecule has 0 fully saturated rings. The highest BCUT2D eigenvalue weighted by molar-refractivity contribution is 5.94. The van der Waals surface area contributed by atoms with Gasteiger partial charge in [-0.3, -0.25) is 4.79 Å². The predicted molar refractivity (Wildman–Crippen MR) is 96.0 cm³/mol. The Morgan fingerprint density at radius 3 is 2.25 bits per heavy atom. The molecule has 0 bridgehead atoms. The fraction of sp³-hybridized carbons (Fsp3) is 0.0952. The Kier molecular flexibility index (Phi) is 4.92. The van der Waals surface area contributed by atoms with Crippen molar-refractivity contribution in [3.8, 4) is 16.9 Å². The normalized spacial score (nSPS) is 10.2. The molecule has 0 unspecified atom stereocenters. The first-order valence-electron chi connectivity index (χ1n) is 7.83. The van der Waals surface area contributed by atoms with Gasteiger partial charge in [-0.25, -0.2) is 0 Å². The zero-order valence-corrected chi connectivity index (χ0v) is 13.5. The predicted octanol–water partition coefficient (Wildman–Crippen LogP) is 4.29. The van der Waals surface area contributed by atoms with Crippen molar-refractivity contribution in [3.05, 3.63) is 90.0 Å². The second-order valence-electron chi connectivity index (χ2n) is 5.43. The SMILES string of the molecule is COc1ccc(-c2ccccc2CNC(=O)c2ccccc2)cc1. The van der Waals surface area contributed by atoms with Crippen LogP contribution in [0.15, 0.2) is 78.9 Å². The van der Waals surface area contributed by atoms with Gasteiger partial charge >= 0.3 is 0 Å². The molecule has 0 saturated heterocycles. The fourth-order valence-corrected chi connectivity index (χ4v) is 2.59. The maximum absolute atomic E-state index is 12.2. The van der Waals surface area contributed by atoms with E-state index in [2.05, 4.69) is 11.4 Å². The van der Waals surface area contributed by atoms with Crippen LogP contribution in [0.3, 0.4) is 0 Å². The number of amides is 1. The monoisotopic (exact) mass is 317 g/mol. The van der Waals surface area contributed by atoms with Crippen LogP contribution in [0.5, 0.6) is 5.75 Å². The molecule has 3 rings (SSSR count). The van der Waals surface area contributed by atoms with E-state index >= 15 is 0 Å². The van der Waals surface area contributed by atoms with Gasteiger partial charge in [0.15, 0.2) is 0 Å². The average molecular weight is 317 g/mol. The molecule has 0 atom stereocenters. The first kappa shape index (κ1) is 15.8. The molecule has 0 aliphatic heterocycles. The van der Waals surface area contributed by atoms with E-state index in [-0.39, 0.29) is 5.91 Å². The molecule has 0 saturated carbocycles. The summed E-state index contributed by atoms with van der Waals surface area (Å²) in [5.41, 5.74) is 3.94. The van der Waals surface area contributed by atoms with Crippen molar-refractivity contribution >= 4 is 5.91 Å². The molecule has 0 heterocycles. The highest BCUT2D eigenvalue weighted by Gasteiger charge is 2.08. The van der Waals surface area contributed by atoms with Gasteiger partial charge in [0.25, 0.3) is 5.91 Å². The Morgan fingerprint density at radius 1 is 0.875 bits per heavy atom. The summed E-state index contributed by atoms with van der Waals surface area (Å²) in [5, 5.41) is 2.98. The maximum Gasteiger partial charge on any atom is 0.251 e. The Labute approximate surface area is 141 Å². The molecule has 0 aliphatic rings. The third-order valence-electron chi connectivity index (χ3n) is 3.89. The van der Waals surface area contributed by atoms with E-state index in [0.29, 0.717) is 12.1 Å². The number of hydrogen-bond donors (Lipinski definition) is 1. The average Bonchev–Trinajstić information content (AvgIpc) is 2.67. The summed E-state index contributed by atoms with van der Waals surface area (Å²) < 4.78 is 5.21. The summed E-state index contributed by atoms with van der Waals surface area (Å²) in [6.07, 6.45) is 0. The van der Waals surface area contributed by atoms with E-state index < -0.39 is 0 Å². The number of rotatable bonds is 5. The molecule has 120 valence electrons. The van der Waals surface area contributed by atoms with Crippen LogP contribution in [-0.2, 0) is 6.54 Å². The summed E-state index contributed by atoms with van der Waals surface area (Å²) in [7, 11) is 1.65. The van der Waals surface area contributed by atoms with Crippen LogP contribution in [0, 0.1) is 0 Å². The smallest absolute Gasteiger partial charge is 0.251 e. The van der Waals surface area contributed by atoms with Crippen molar-refractivity contribution in [3.63, 3.8) is 0 Å². The number of methoxy groups -OCH3 is 1. The summed E-state index contributed by atoms with van der Waals surface area (Å²) in [6.45, 7) is 0.482. The van der Waals surface area contributed by atoms with Crippen molar-refractivity contribution in [2.24, 2.45) is 0 Å². The van der Waals surface area contributed by atoms with E-state index in [1.54, 1.807) is 7.11 Å². The number of carbonyl (C=O) groups excluding carboxylic acids is 1. The first-order valence-corrected chi connectivity index (χ1v) is 7.83. The number of benzene rings is 3. The van der Waals surface area contributed by atoms with Crippen LogP contribution in [0.25, 0.3) is 11.1 Å². The Morgan fingerprint density at radius 2 is 1.54 bits per heavy atom. The minimum absolute atomic E-state index is 0.0693. The van der Waals surface area contributed by atoms with Gasteiger partial charge in [0.1, 0.15) is 5.75 Å². The quantitative estimate of drug-likeness (QED) is 0.762. The third kappa shape index (κ3) is 3.63. The minimum atomic E-state index is -0.0693. The van der Waals surface area contributed by atoms with Gasteiger partial charge in [-0.1, -0.05) is 54.6 Å². The summed E-state index contributed by atoms with van der Waals surface area (Å²) in [6, 6.07) is 25.2. The molecule has 3 nitrogen and oxygen atoms in total. The highest BCUT2D eigenvalue weighted by Crippen LogP contribution is 2.25. The van der Waals surface area contributed by atoms with Crippen LogP contribution in [0.4, 0.5) is 0 Å². The van der Waals surface area contributed by atoms with E-state index in [4.69, 9.17) is 4.74 Å². The van der Waals surface area contributed by atoms with Crippen LogP contribution in [-0.4, -0.2) is 13.0 Å². The lowest BCUT2D eigenvalue weighted by Crippen LogP contribution is -2.22. The van der Waals surface area contributed by atoms with Crippen molar-refractivity contribution in [2.75, 3.05) is 7.11 Å². The zero-order chi connectivity index (χ0) is 16.8. The topological polar surface area (TPSA) is 38.3 Å². The van der Waals surface area contributed by atoms with Gasteiger partial charge in [-0.2, -0.15) is 0 Å². The Hall–Kier alpha value is -3.07. The largest absolute Gasteiger partial charge is 0.497 e. The standard InChI is InChI=1S/C21H19NO2/c1-24-19-13-11-16(12-14-19)20-10-6-5-9-18(20)15-22-21(23)17-7-3-2-4-8-17/h2-14H,15H2,1H3,(H,22,23). The lowest BCUT2D eigenvalue weighted by molar-refractivity contribution is 0.0951. The fourth-order valence-electron chi connectivity index (χ4n) is 2.59. The molecule has 1 N–H and O–H groups in total. The molecule has 0 aromatic heterocycles. The molecule has 1 amide bonds. The summed E-state index contributed by atoms with van der Waals surface area (Å²) in [4.78, 5) is 12.2. The van der Waals surface area contributed by atoms with Crippen LogP contribution < -0.4 is 10.1 Å². The van der Waals surface area contributed by atoms with Crippen LogP contribution in [0.2, 0.25) is 0 Å². The molecule has 0 radical (unpaired) electrons. The second kappa shape index (κ2) is 7.47. The number of carbonyl (C=O) groups is 1. The number of hydrogen-bond acceptors (Lipinski definition) is 2. The Bertz CT molecular complexity index is 811. The second-order valence-corrected chi connectivity index (χ2v) is 5.43. The van der Waals surface area contributed by atoms with E-state index in [9.17, 15) is 4.79 Å². The van der Waals surface area contributed by atoms with E-state index in [1.807, 2.05) is 72.8 Å². The molecular weight excluding hydrogens is 298 g/mol. The molecular formula is C21H19NO2. The van der Waals surface area contributed by atoms with Gasteiger partial charge in [0, 0.05) is 12.1 Å². The summed E-state index contributed by atoms with van der Waals surface area (Å²) in [5.74, 6) is 0.758. The molecule has 3 aromatic carbocycles. The van der Waals surface area contributed by atoms with Gasteiger partial charge < -0.3 is 10.1 Å². The maximum atomic E-state index is 12.2. The van der Waals surface area contributed by atoms with E-state index in [0.717, 1.165) is 22.4 Å². The lowest BCUT2D eigenvalue weighted by atomic mass is 9.99. The van der Waals surface area contributed by atoms with Crippen molar-refractivity contribution in [2.45, 2.75) is 6.54 Å². The first-order chi connectivity index (χ1) is 11.8. The number of ether oxygens (including phenoxy) is 1. The Balaban J connectivity index is 1.78. The van der Waals surface area contributed by atoms with Gasteiger partial charge in [-0.05, 0) is 41.0 Å². The minimum Gasteiger partial charge on any atom is -0.497 e. The molecule has 0 aliphatic carbocycles. The van der Waals surface area contributed by atoms with Crippen LogP contribution >= 0.6 is 0 Å². The molecule has 3 aromatic rings. The lowest BCUT2D eigenvalue weighted by Gasteiger charge is -2.11. The van der Waals surface area contributed by atoms with Gasteiger partial charge in [0.05, 0.1) is 7.11 Å². The van der Waals surface area contributed by atoms with Crippen LogP contribution in [0.1, 0.15) is 15.9 Å². The van der Waals surface area contributed by atoms with Crippen molar-refractivity contribution < 1.29 is 9.53 Å². The molecule has 3 heteroatoms. The third-order valence-corrected chi connectivity index (χ3v) is 3.89. The van der Waals surface area contributed by atoms with Crippen molar-refractivity contribution in [1.29, 1.82) is 0 Å².